The third kappa shape index (κ3) is 3.84. The monoisotopic (exact) mass is 234 g/mol. The van der Waals surface area contributed by atoms with Crippen LogP contribution in [-0.2, 0) is 6.54 Å². The molecule has 0 aromatic carbocycles. The lowest BCUT2D eigenvalue weighted by atomic mass is 10.0. The molecule has 0 saturated heterocycles. The SMILES string of the molecule is C=CCC(C)c1nn(CCC(C)C)cc1C=O. The minimum atomic E-state index is 0.257. The van der Waals surface area contributed by atoms with E-state index in [0.29, 0.717) is 11.5 Å². The molecule has 0 fully saturated rings. The number of allylic oxidation sites excluding steroid dienone is 1. The predicted octanol–water partition coefficient (Wildman–Crippen LogP) is 3.42. The fourth-order valence-corrected chi connectivity index (χ4v) is 1.79. The summed E-state index contributed by atoms with van der Waals surface area (Å²) in [5.41, 5.74) is 1.60. The van der Waals surface area contributed by atoms with Gasteiger partial charge >= 0.3 is 0 Å². The molecule has 0 aliphatic heterocycles. The van der Waals surface area contributed by atoms with Gasteiger partial charge in [0.15, 0.2) is 6.29 Å². The molecule has 0 amide bonds. The summed E-state index contributed by atoms with van der Waals surface area (Å²) in [5, 5.41) is 4.51. The van der Waals surface area contributed by atoms with E-state index in [-0.39, 0.29) is 5.92 Å². The number of aryl methyl sites for hydroxylation is 1. The second kappa shape index (κ2) is 6.38. The summed E-state index contributed by atoms with van der Waals surface area (Å²) in [5.74, 6) is 0.904. The second-order valence-electron chi connectivity index (χ2n) is 4.96. The lowest BCUT2D eigenvalue weighted by Crippen LogP contribution is -2.03. The summed E-state index contributed by atoms with van der Waals surface area (Å²) in [6, 6.07) is 0. The Morgan fingerprint density at radius 2 is 2.18 bits per heavy atom. The van der Waals surface area contributed by atoms with Crippen molar-refractivity contribution in [1.29, 1.82) is 0 Å². The Hall–Kier alpha value is -1.38. The van der Waals surface area contributed by atoms with E-state index < -0.39 is 0 Å². The number of aldehydes is 1. The van der Waals surface area contributed by atoms with E-state index in [1.54, 1.807) is 0 Å². The Morgan fingerprint density at radius 1 is 1.47 bits per heavy atom. The van der Waals surface area contributed by atoms with Crippen molar-refractivity contribution in [2.75, 3.05) is 0 Å². The van der Waals surface area contributed by atoms with Gasteiger partial charge in [0.2, 0.25) is 0 Å². The Kier molecular flexibility index (Phi) is 5.13. The van der Waals surface area contributed by atoms with Crippen molar-refractivity contribution < 1.29 is 4.79 Å². The molecular formula is C14H22N2O. The number of aromatic nitrogens is 2. The fraction of sp³-hybridized carbons (Fsp3) is 0.571. The molecule has 1 aromatic rings. The maximum Gasteiger partial charge on any atom is 0.153 e. The van der Waals surface area contributed by atoms with Crippen molar-refractivity contribution in [3.05, 3.63) is 30.1 Å². The summed E-state index contributed by atoms with van der Waals surface area (Å²) in [4.78, 5) is 11.0. The highest BCUT2D eigenvalue weighted by Crippen LogP contribution is 2.21. The van der Waals surface area contributed by atoms with Crippen LogP contribution in [0.4, 0.5) is 0 Å². The molecule has 0 spiro atoms. The Morgan fingerprint density at radius 3 is 2.71 bits per heavy atom. The van der Waals surface area contributed by atoms with Gasteiger partial charge in [0, 0.05) is 18.7 Å². The Labute approximate surface area is 104 Å². The van der Waals surface area contributed by atoms with Crippen molar-refractivity contribution >= 4 is 6.29 Å². The summed E-state index contributed by atoms with van der Waals surface area (Å²) in [6.07, 6.45) is 6.54. The van der Waals surface area contributed by atoms with Crippen LogP contribution in [0, 0.1) is 5.92 Å². The van der Waals surface area contributed by atoms with Crippen LogP contribution in [0.2, 0.25) is 0 Å². The van der Waals surface area contributed by atoms with E-state index in [9.17, 15) is 4.79 Å². The number of carbonyl (C=O) groups excluding carboxylic acids is 1. The third-order valence-electron chi connectivity index (χ3n) is 2.87. The predicted molar refractivity (Wildman–Crippen MR) is 70.3 cm³/mol. The van der Waals surface area contributed by atoms with Crippen molar-refractivity contribution in [2.24, 2.45) is 5.92 Å². The molecule has 1 unspecified atom stereocenters. The van der Waals surface area contributed by atoms with Crippen molar-refractivity contribution in [3.63, 3.8) is 0 Å². The molecule has 0 aliphatic carbocycles. The van der Waals surface area contributed by atoms with Crippen LogP contribution < -0.4 is 0 Å². The molecule has 1 heterocycles. The fourth-order valence-electron chi connectivity index (χ4n) is 1.79. The number of hydrogen-bond acceptors (Lipinski definition) is 2. The van der Waals surface area contributed by atoms with Crippen LogP contribution in [0.3, 0.4) is 0 Å². The summed E-state index contributed by atoms with van der Waals surface area (Å²) >= 11 is 0. The van der Waals surface area contributed by atoms with Gasteiger partial charge in [0.25, 0.3) is 0 Å². The number of carbonyl (C=O) groups is 1. The highest BCUT2D eigenvalue weighted by Gasteiger charge is 2.14. The van der Waals surface area contributed by atoms with E-state index >= 15 is 0 Å². The van der Waals surface area contributed by atoms with Gasteiger partial charge in [-0.2, -0.15) is 5.10 Å². The molecular weight excluding hydrogens is 212 g/mol. The van der Waals surface area contributed by atoms with Crippen LogP contribution in [0.1, 0.15) is 55.6 Å². The number of hydrogen-bond donors (Lipinski definition) is 0. The van der Waals surface area contributed by atoms with Crippen LogP contribution in [0.5, 0.6) is 0 Å². The second-order valence-corrected chi connectivity index (χ2v) is 4.96. The number of rotatable bonds is 7. The average molecular weight is 234 g/mol. The van der Waals surface area contributed by atoms with Gasteiger partial charge in [0.05, 0.1) is 11.3 Å². The van der Waals surface area contributed by atoms with Gasteiger partial charge in [-0.15, -0.1) is 6.58 Å². The van der Waals surface area contributed by atoms with Crippen molar-refractivity contribution in [2.45, 2.75) is 46.1 Å². The van der Waals surface area contributed by atoms with Gasteiger partial charge in [-0.1, -0.05) is 26.8 Å². The van der Waals surface area contributed by atoms with Crippen LogP contribution in [-0.4, -0.2) is 16.1 Å². The minimum absolute atomic E-state index is 0.257. The van der Waals surface area contributed by atoms with E-state index in [1.165, 1.54) is 0 Å². The highest BCUT2D eigenvalue weighted by molar-refractivity contribution is 5.76. The summed E-state index contributed by atoms with van der Waals surface area (Å²) in [6.45, 7) is 11.0. The molecule has 1 atom stereocenters. The maximum atomic E-state index is 11.0. The van der Waals surface area contributed by atoms with Crippen molar-refractivity contribution in [3.8, 4) is 0 Å². The van der Waals surface area contributed by atoms with Gasteiger partial charge < -0.3 is 0 Å². The van der Waals surface area contributed by atoms with E-state index in [4.69, 9.17) is 0 Å². The quantitative estimate of drug-likeness (QED) is 0.535. The van der Waals surface area contributed by atoms with Gasteiger partial charge in [-0.25, -0.2) is 0 Å². The molecule has 0 aliphatic rings. The first-order valence-corrected chi connectivity index (χ1v) is 6.21. The first-order valence-electron chi connectivity index (χ1n) is 6.21. The smallest absolute Gasteiger partial charge is 0.153 e. The van der Waals surface area contributed by atoms with Gasteiger partial charge in [-0.05, 0) is 18.8 Å². The molecule has 94 valence electrons. The van der Waals surface area contributed by atoms with E-state index in [2.05, 4.69) is 32.4 Å². The van der Waals surface area contributed by atoms with Crippen LogP contribution >= 0.6 is 0 Å². The molecule has 0 saturated carbocycles. The molecule has 1 aromatic heterocycles. The van der Waals surface area contributed by atoms with E-state index in [0.717, 1.165) is 31.4 Å². The molecule has 0 N–H and O–H groups in total. The summed E-state index contributed by atoms with van der Waals surface area (Å²) < 4.78 is 1.89. The van der Waals surface area contributed by atoms with Crippen molar-refractivity contribution in [1.82, 2.24) is 9.78 Å². The molecule has 1 rings (SSSR count). The molecule has 3 nitrogen and oxygen atoms in total. The minimum Gasteiger partial charge on any atom is -0.298 e. The summed E-state index contributed by atoms with van der Waals surface area (Å²) in [7, 11) is 0. The zero-order valence-electron chi connectivity index (χ0n) is 11.0. The first kappa shape index (κ1) is 13.7. The first-order chi connectivity index (χ1) is 8.08. The standard InChI is InChI=1S/C14H22N2O/c1-5-6-12(4)14-13(10-17)9-16(15-14)8-7-11(2)3/h5,9-12H,1,6-8H2,2-4H3. The largest absolute Gasteiger partial charge is 0.298 e. The zero-order chi connectivity index (χ0) is 12.8. The third-order valence-corrected chi connectivity index (χ3v) is 2.87. The Bertz CT molecular complexity index is 380. The van der Waals surface area contributed by atoms with Crippen LogP contribution in [0.25, 0.3) is 0 Å². The lowest BCUT2D eigenvalue weighted by Gasteiger charge is -2.06. The van der Waals surface area contributed by atoms with Crippen LogP contribution in [0.15, 0.2) is 18.9 Å². The number of nitrogens with zero attached hydrogens (tertiary/aromatic N) is 2. The molecule has 0 radical (unpaired) electrons. The highest BCUT2D eigenvalue weighted by atomic mass is 16.1. The lowest BCUT2D eigenvalue weighted by molar-refractivity contribution is 0.112. The zero-order valence-corrected chi connectivity index (χ0v) is 11.0. The topological polar surface area (TPSA) is 34.9 Å². The molecule has 17 heavy (non-hydrogen) atoms. The normalized spacial score (nSPS) is 12.7. The molecule has 0 bridgehead atoms. The average Bonchev–Trinajstić information content (AvgIpc) is 2.70. The molecule has 3 heteroatoms. The Balaban J connectivity index is 2.82. The maximum absolute atomic E-state index is 11.0. The van der Waals surface area contributed by atoms with E-state index in [1.807, 2.05) is 17.0 Å². The van der Waals surface area contributed by atoms with Gasteiger partial charge in [-0.3, -0.25) is 9.48 Å². The van der Waals surface area contributed by atoms with Gasteiger partial charge in [0.1, 0.15) is 0 Å².